The molecule has 1 aromatic carbocycles. The predicted molar refractivity (Wildman–Crippen MR) is 111 cm³/mol. The van der Waals surface area contributed by atoms with E-state index in [4.69, 9.17) is 15.0 Å². The van der Waals surface area contributed by atoms with Crippen LogP contribution in [0.3, 0.4) is 0 Å². The van der Waals surface area contributed by atoms with Crippen LogP contribution in [0.25, 0.3) is 6.08 Å². The maximum Gasteiger partial charge on any atom is 0.283 e. The second kappa shape index (κ2) is 7.79. The van der Waals surface area contributed by atoms with Crippen LogP contribution >= 0.6 is 0 Å². The number of rotatable bonds is 6. The molecular formula is C22H22N4O3. The smallest absolute Gasteiger partial charge is 0.283 e. The van der Waals surface area contributed by atoms with E-state index in [1.807, 2.05) is 41.1 Å². The Kier molecular flexibility index (Phi) is 5.03. The van der Waals surface area contributed by atoms with Crippen molar-refractivity contribution in [3.63, 3.8) is 0 Å². The van der Waals surface area contributed by atoms with Crippen molar-refractivity contribution in [2.45, 2.75) is 26.8 Å². The number of para-hydroxylation sites is 1. The van der Waals surface area contributed by atoms with Crippen LogP contribution in [-0.2, 0) is 22.6 Å². The number of carbonyl (C=O) groups excluding carboxylic acids is 1. The SMILES string of the molecule is CCc1ccccc1OCCn1cccc1/C=C1/C(=N)N2OC(C)=CC2=NC1=O. The maximum atomic E-state index is 12.4. The van der Waals surface area contributed by atoms with Gasteiger partial charge >= 0.3 is 0 Å². The van der Waals surface area contributed by atoms with E-state index >= 15 is 0 Å². The van der Waals surface area contributed by atoms with Gasteiger partial charge in [0, 0.05) is 18.0 Å². The minimum Gasteiger partial charge on any atom is -0.491 e. The number of nitrogens with zero attached hydrogens (tertiary/aromatic N) is 3. The van der Waals surface area contributed by atoms with Crippen molar-refractivity contribution in [3.8, 4) is 5.75 Å². The first-order valence-corrected chi connectivity index (χ1v) is 9.52. The molecule has 0 aliphatic carbocycles. The van der Waals surface area contributed by atoms with Crippen LogP contribution in [0.4, 0.5) is 0 Å². The average molecular weight is 390 g/mol. The fourth-order valence-electron chi connectivity index (χ4n) is 3.30. The number of hydrogen-bond acceptors (Lipinski definition) is 4. The Morgan fingerprint density at radius 2 is 2.07 bits per heavy atom. The Balaban J connectivity index is 1.48. The molecule has 2 aliphatic rings. The Bertz CT molecular complexity index is 1060. The Labute approximate surface area is 169 Å². The van der Waals surface area contributed by atoms with Crippen molar-refractivity contribution < 1.29 is 14.4 Å². The Morgan fingerprint density at radius 3 is 2.90 bits per heavy atom. The number of ether oxygens (including phenoxy) is 1. The molecule has 1 amide bonds. The van der Waals surface area contributed by atoms with E-state index in [9.17, 15) is 4.79 Å². The van der Waals surface area contributed by atoms with Crippen molar-refractivity contribution in [2.75, 3.05) is 6.61 Å². The van der Waals surface area contributed by atoms with Gasteiger partial charge in [0.25, 0.3) is 5.91 Å². The number of aryl methyl sites for hydroxylation is 1. The van der Waals surface area contributed by atoms with Gasteiger partial charge in [0.1, 0.15) is 18.1 Å². The zero-order valence-corrected chi connectivity index (χ0v) is 16.4. The molecule has 0 spiro atoms. The molecular weight excluding hydrogens is 368 g/mol. The number of hydroxylamine groups is 2. The molecule has 4 rings (SSSR count). The van der Waals surface area contributed by atoms with Gasteiger partial charge in [-0.05, 0) is 43.2 Å². The van der Waals surface area contributed by atoms with E-state index in [-0.39, 0.29) is 11.4 Å². The number of hydrogen-bond donors (Lipinski definition) is 1. The van der Waals surface area contributed by atoms with E-state index in [1.165, 1.54) is 10.6 Å². The fraction of sp³-hybridized carbons (Fsp3) is 0.227. The molecule has 148 valence electrons. The first-order valence-electron chi connectivity index (χ1n) is 9.52. The van der Waals surface area contributed by atoms with Gasteiger partial charge in [0.05, 0.1) is 12.1 Å². The van der Waals surface area contributed by atoms with E-state index in [0.717, 1.165) is 17.9 Å². The quantitative estimate of drug-likeness (QED) is 0.765. The van der Waals surface area contributed by atoms with Crippen LogP contribution in [-0.4, -0.2) is 33.8 Å². The number of aromatic nitrogens is 1. The number of benzene rings is 1. The molecule has 3 heterocycles. The monoisotopic (exact) mass is 390 g/mol. The summed E-state index contributed by atoms with van der Waals surface area (Å²) in [7, 11) is 0. The Morgan fingerprint density at radius 1 is 1.24 bits per heavy atom. The number of amides is 1. The highest BCUT2D eigenvalue weighted by Gasteiger charge is 2.34. The van der Waals surface area contributed by atoms with E-state index < -0.39 is 5.91 Å². The van der Waals surface area contributed by atoms with Crippen LogP contribution in [0.15, 0.2) is 65.0 Å². The molecule has 0 atom stereocenters. The maximum absolute atomic E-state index is 12.4. The van der Waals surface area contributed by atoms with Crippen LogP contribution < -0.4 is 4.74 Å². The summed E-state index contributed by atoms with van der Waals surface area (Å²) in [5, 5.41) is 9.59. The molecule has 0 unspecified atom stereocenters. The van der Waals surface area contributed by atoms with Gasteiger partial charge in [-0.1, -0.05) is 25.1 Å². The van der Waals surface area contributed by atoms with Crippen molar-refractivity contribution >= 4 is 23.7 Å². The normalized spacial score (nSPS) is 17.2. The second-order valence-electron chi connectivity index (χ2n) is 6.76. The molecule has 2 aromatic rings. The summed E-state index contributed by atoms with van der Waals surface area (Å²) in [6.07, 6.45) is 6.14. The standard InChI is InChI=1S/C22H22N4O3/c1-3-16-7-4-5-9-19(16)28-12-11-25-10-6-8-17(25)14-18-21(23)26-20(24-22(18)27)13-15(2)29-26/h4-10,13-14,23H,3,11-12H2,1-2H3/b18-14-,23-21?. The zero-order chi connectivity index (χ0) is 20.4. The van der Waals surface area contributed by atoms with Crippen molar-refractivity contribution in [2.24, 2.45) is 4.99 Å². The van der Waals surface area contributed by atoms with Crippen molar-refractivity contribution in [3.05, 3.63) is 71.3 Å². The lowest BCUT2D eigenvalue weighted by atomic mass is 10.1. The fourth-order valence-corrected chi connectivity index (χ4v) is 3.30. The third-order valence-electron chi connectivity index (χ3n) is 4.78. The molecule has 0 bridgehead atoms. The lowest BCUT2D eigenvalue weighted by molar-refractivity contribution is -0.114. The van der Waals surface area contributed by atoms with Crippen LogP contribution in [0, 0.1) is 5.41 Å². The Hall–Kier alpha value is -3.61. The molecule has 2 aliphatic heterocycles. The van der Waals surface area contributed by atoms with E-state index in [0.29, 0.717) is 24.7 Å². The van der Waals surface area contributed by atoms with Gasteiger partial charge in [-0.3, -0.25) is 10.2 Å². The molecule has 0 saturated carbocycles. The molecule has 7 nitrogen and oxygen atoms in total. The van der Waals surface area contributed by atoms with Crippen LogP contribution in [0.5, 0.6) is 5.75 Å². The molecule has 7 heteroatoms. The first-order chi connectivity index (χ1) is 14.1. The summed E-state index contributed by atoms with van der Waals surface area (Å²) in [4.78, 5) is 21.9. The molecule has 0 fully saturated rings. The first kappa shape index (κ1) is 18.7. The van der Waals surface area contributed by atoms with Gasteiger partial charge in [-0.15, -0.1) is 5.06 Å². The van der Waals surface area contributed by atoms with Gasteiger partial charge in [0.15, 0.2) is 11.7 Å². The summed E-state index contributed by atoms with van der Waals surface area (Å²) >= 11 is 0. The second-order valence-corrected chi connectivity index (χ2v) is 6.76. The lowest BCUT2D eigenvalue weighted by Gasteiger charge is -2.23. The molecule has 0 radical (unpaired) electrons. The number of nitrogens with one attached hydrogen (secondary N) is 1. The van der Waals surface area contributed by atoms with Gasteiger partial charge in [-0.25, -0.2) is 0 Å². The third-order valence-corrected chi connectivity index (χ3v) is 4.78. The lowest BCUT2D eigenvalue weighted by Crippen LogP contribution is -2.38. The van der Waals surface area contributed by atoms with Crippen LogP contribution in [0.1, 0.15) is 25.1 Å². The van der Waals surface area contributed by atoms with Crippen molar-refractivity contribution in [1.82, 2.24) is 9.63 Å². The summed E-state index contributed by atoms with van der Waals surface area (Å²) in [6, 6.07) is 11.8. The summed E-state index contributed by atoms with van der Waals surface area (Å²) in [5.41, 5.74) is 2.16. The predicted octanol–water partition coefficient (Wildman–Crippen LogP) is 3.58. The summed E-state index contributed by atoms with van der Waals surface area (Å²) < 4.78 is 7.93. The number of allylic oxidation sites excluding steroid dienone is 1. The van der Waals surface area contributed by atoms with E-state index in [1.54, 1.807) is 19.1 Å². The van der Waals surface area contributed by atoms with Gasteiger partial charge in [0.2, 0.25) is 0 Å². The minimum absolute atomic E-state index is 0.0195. The number of fused-ring (bicyclic) bond motifs is 1. The molecule has 0 saturated heterocycles. The highest BCUT2D eigenvalue weighted by Crippen LogP contribution is 2.24. The topological polar surface area (TPSA) is 79.9 Å². The third kappa shape index (κ3) is 3.71. The number of aliphatic imine (C=N–C) groups is 1. The summed E-state index contributed by atoms with van der Waals surface area (Å²) in [5.74, 6) is 1.36. The summed E-state index contributed by atoms with van der Waals surface area (Å²) in [6.45, 7) is 4.96. The molecule has 1 aromatic heterocycles. The zero-order valence-electron chi connectivity index (χ0n) is 16.4. The molecule has 29 heavy (non-hydrogen) atoms. The van der Waals surface area contributed by atoms with Gasteiger partial charge < -0.3 is 14.1 Å². The van der Waals surface area contributed by atoms with Gasteiger partial charge in [-0.2, -0.15) is 4.99 Å². The highest BCUT2D eigenvalue weighted by molar-refractivity contribution is 6.32. The number of carbonyl (C=O) groups is 1. The van der Waals surface area contributed by atoms with E-state index in [2.05, 4.69) is 18.0 Å². The largest absolute Gasteiger partial charge is 0.491 e. The molecule has 1 N–H and O–H groups in total. The number of amidine groups is 2. The highest BCUT2D eigenvalue weighted by atomic mass is 16.7. The average Bonchev–Trinajstić information content (AvgIpc) is 3.31. The minimum atomic E-state index is -0.448. The van der Waals surface area contributed by atoms with Crippen molar-refractivity contribution in [1.29, 1.82) is 5.41 Å². The van der Waals surface area contributed by atoms with Crippen LogP contribution in [0.2, 0.25) is 0 Å².